The van der Waals surface area contributed by atoms with Crippen LogP contribution in [-0.4, -0.2) is 6.10 Å². The second-order valence-electron chi connectivity index (χ2n) is 10.0. The van der Waals surface area contributed by atoms with Crippen LogP contribution in [0.1, 0.15) is 17.0 Å². The van der Waals surface area contributed by atoms with Crippen molar-refractivity contribution in [1.82, 2.24) is 0 Å². The lowest BCUT2D eigenvalue weighted by Gasteiger charge is -2.23. The first-order valence-electron chi connectivity index (χ1n) is 12.9. The Morgan fingerprint density at radius 2 is 1.16 bits per heavy atom. The molecule has 0 saturated carbocycles. The van der Waals surface area contributed by atoms with Crippen LogP contribution in [-0.2, 0) is 0 Å². The average molecular weight is 473 g/mol. The van der Waals surface area contributed by atoms with Gasteiger partial charge in [-0.1, -0.05) is 127 Å². The number of hydrogen-bond donors (Lipinski definition) is 0. The fourth-order valence-corrected chi connectivity index (χ4v) is 6.34. The molecule has 0 saturated heterocycles. The van der Waals surface area contributed by atoms with Gasteiger partial charge in [0.2, 0.25) is 0 Å². The minimum atomic E-state index is -0.00576. The van der Waals surface area contributed by atoms with Crippen LogP contribution in [0.4, 0.5) is 0 Å². The summed E-state index contributed by atoms with van der Waals surface area (Å²) in [5, 5.41) is 7.76. The van der Waals surface area contributed by atoms with Crippen molar-refractivity contribution in [2.75, 3.05) is 0 Å². The van der Waals surface area contributed by atoms with Gasteiger partial charge >= 0.3 is 0 Å². The molecule has 0 N–H and O–H groups in total. The van der Waals surface area contributed by atoms with Gasteiger partial charge in [0.15, 0.2) is 0 Å². The van der Waals surface area contributed by atoms with Crippen LogP contribution in [0.3, 0.4) is 0 Å². The van der Waals surface area contributed by atoms with E-state index in [2.05, 4.69) is 133 Å². The Balaban J connectivity index is 1.31. The van der Waals surface area contributed by atoms with Gasteiger partial charge in [0.05, 0.1) is 0 Å². The number of ether oxygens (including phenoxy) is 1. The molecule has 174 valence electrons. The summed E-state index contributed by atoms with van der Waals surface area (Å²) in [6.07, 6.45) is 6.66. The largest absolute Gasteiger partial charge is 0.484 e. The molecule has 0 aromatic heterocycles. The first-order valence-corrected chi connectivity index (χ1v) is 12.9. The van der Waals surface area contributed by atoms with Crippen LogP contribution < -0.4 is 4.74 Å². The van der Waals surface area contributed by atoms with Crippen molar-refractivity contribution in [3.63, 3.8) is 0 Å². The molecule has 1 aliphatic heterocycles. The maximum atomic E-state index is 6.81. The predicted octanol–water partition coefficient (Wildman–Crippen LogP) is 9.31. The maximum Gasteiger partial charge on any atom is 0.135 e. The molecule has 1 heteroatoms. The first kappa shape index (κ1) is 20.6. The molecule has 2 unspecified atom stereocenters. The number of benzene rings is 6. The van der Waals surface area contributed by atoms with Gasteiger partial charge in [-0.15, -0.1) is 0 Å². The highest BCUT2D eigenvalue weighted by Gasteiger charge is 2.38. The van der Waals surface area contributed by atoms with E-state index >= 15 is 0 Å². The highest BCUT2D eigenvalue weighted by molar-refractivity contribution is 6.25. The second kappa shape index (κ2) is 7.94. The molecular formula is C36H24O. The van der Waals surface area contributed by atoms with Crippen LogP contribution in [0.5, 0.6) is 5.75 Å². The van der Waals surface area contributed by atoms with Gasteiger partial charge in [-0.3, -0.25) is 0 Å². The summed E-state index contributed by atoms with van der Waals surface area (Å²) in [5.41, 5.74) is 6.08. The normalized spacial score (nSPS) is 18.0. The molecule has 0 fully saturated rings. The van der Waals surface area contributed by atoms with Crippen LogP contribution >= 0.6 is 0 Å². The molecule has 1 aliphatic carbocycles. The molecule has 1 heterocycles. The van der Waals surface area contributed by atoms with E-state index in [1.54, 1.807) is 0 Å². The van der Waals surface area contributed by atoms with E-state index in [1.165, 1.54) is 54.6 Å². The average Bonchev–Trinajstić information content (AvgIpc) is 3.37. The third-order valence-electron chi connectivity index (χ3n) is 8.04. The molecule has 0 bridgehead atoms. The minimum absolute atomic E-state index is 0.00576. The fraction of sp³-hybridized carbons (Fsp3) is 0.0556. The predicted molar refractivity (Wildman–Crippen MR) is 155 cm³/mol. The van der Waals surface area contributed by atoms with Crippen LogP contribution in [0.25, 0.3) is 49.0 Å². The summed E-state index contributed by atoms with van der Waals surface area (Å²) >= 11 is 0. The topological polar surface area (TPSA) is 9.23 Å². The van der Waals surface area contributed by atoms with Crippen molar-refractivity contribution in [2.45, 2.75) is 12.0 Å². The summed E-state index contributed by atoms with van der Waals surface area (Å²) in [7, 11) is 0. The number of para-hydroxylation sites is 1. The van der Waals surface area contributed by atoms with E-state index < -0.39 is 0 Å². The van der Waals surface area contributed by atoms with Gasteiger partial charge in [0, 0.05) is 22.6 Å². The van der Waals surface area contributed by atoms with Crippen molar-refractivity contribution in [2.24, 2.45) is 0 Å². The van der Waals surface area contributed by atoms with Gasteiger partial charge in [-0.05, 0) is 49.5 Å². The lowest BCUT2D eigenvalue weighted by molar-refractivity contribution is 0.279. The zero-order valence-corrected chi connectivity index (χ0v) is 20.3. The molecule has 37 heavy (non-hydrogen) atoms. The molecule has 2 atom stereocenters. The standard InChI is InChI=1S/C36H24O/c1-2-10-23(11-3-1)25-16-8-18-32-33-19-9-17-26(36(33)37-35(25)32)24-20-21-31-29-14-5-4-12-27(29)28-13-6-7-15-30(28)34(31)22-24/h1-22,32,35H. The molecular weight excluding hydrogens is 448 g/mol. The van der Waals surface area contributed by atoms with Crippen molar-refractivity contribution in [3.8, 4) is 16.9 Å². The molecule has 6 aromatic carbocycles. The monoisotopic (exact) mass is 472 g/mol. The molecule has 0 amide bonds. The summed E-state index contributed by atoms with van der Waals surface area (Å²) < 4.78 is 6.81. The summed E-state index contributed by atoms with van der Waals surface area (Å²) in [5.74, 6) is 1.23. The third-order valence-corrected chi connectivity index (χ3v) is 8.04. The molecule has 0 spiro atoms. The van der Waals surface area contributed by atoms with Gasteiger partial charge in [0.1, 0.15) is 11.9 Å². The van der Waals surface area contributed by atoms with Gasteiger partial charge < -0.3 is 4.74 Å². The highest BCUT2D eigenvalue weighted by Crippen LogP contribution is 2.50. The molecule has 1 nitrogen and oxygen atoms in total. The van der Waals surface area contributed by atoms with Crippen LogP contribution in [0, 0.1) is 0 Å². The summed E-state index contributed by atoms with van der Waals surface area (Å²) in [6.45, 7) is 0. The zero-order chi connectivity index (χ0) is 24.3. The van der Waals surface area contributed by atoms with Crippen LogP contribution in [0.15, 0.2) is 133 Å². The van der Waals surface area contributed by atoms with Gasteiger partial charge in [0.25, 0.3) is 0 Å². The summed E-state index contributed by atoms with van der Waals surface area (Å²) in [6, 6.07) is 41.6. The number of fused-ring (bicyclic) bond motifs is 9. The summed E-state index contributed by atoms with van der Waals surface area (Å²) in [4.78, 5) is 0. The molecule has 8 rings (SSSR count). The second-order valence-corrected chi connectivity index (χ2v) is 10.0. The Labute approximate surface area is 216 Å². The third kappa shape index (κ3) is 3.04. The van der Waals surface area contributed by atoms with Gasteiger partial charge in [-0.25, -0.2) is 0 Å². The van der Waals surface area contributed by atoms with Crippen molar-refractivity contribution in [1.29, 1.82) is 0 Å². The van der Waals surface area contributed by atoms with Crippen LogP contribution in [0.2, 0.25) is 0 Å². The Kier molecular flexibility index (Phi) is 4.41. The molecule has 6 aromatic rings. The van der Waals surface area contributed by atoms with E-state index in [-0.39, 0.29) is 12.0 Å². The van der Waals surface area contributed by atoms with Crippen molar-refractivity contribution < 1.29 is 4.74 Å². The smallest absolute Gasteiger partial charge is 0.135 e. The SMILES string of the molecule is C1=CC2c3cccc(-c4ccc5c6ccccc6c6ccccc6c5c4)c3OC2C(c2ccccc2)=C1. The van der Waals surface area contributed by atoms with E-state index in [9.17, 15) is 0 Å². The Hall–Kier alpha value is -4.62. The first-order chi connectivity index (χ1) is 18.4. The van der Waals surface area contributed by atoms with Gasteiger partial charge in [-0.2, -0.15) is 0 Å². The lowest BCUT2D eigenvalue weighted by atomic mass is 9.84. The number of allylic oxidation sites excluding steroid dienone is 2. The van der Waals surface area contributed by atoms with E-state index in [1.807, 2.05) is 0 Å². The Morgan fingerprint density at radius 1 is 0.514 bits per heavy atom. The zero-order valence-electron chi connectivity index (χ0n) is 20.3. The molecule has 0 radical (unpaired) electrons. The quantitative estimate of drug-likeness (QED) is 0.228. The van der Waals surface area contributed by atoms with E-state index in [0.717, 1.165) is 11.3 Å². The number of hydrogen-bond acceptors (Lipinski definition) is 1. The number of rotatable bonds is 2. The van der Waals surface area contributed by atoms with Crippen molar-refractivity contribution in [3.05, 3.63) is 145 Å². The van der Waals surface area contributed by atoms with Crippen molar-refractivity contribution >= 4 is 37.9 Å². The highest BCUT2D eigenvalue weighted by atomic mass is 16.5. The van der Waals surface area contributed by atoms with E-state index in [0.29, 0.717) is 0 Å². The van der Waals surface area contributed by atoms with E-state index in [4.69, 9.17) is 4.74 Å². The lowest BCUT2D eigenvalue weighted by Crippen LogP contribution is -2.21. The maximum absolute atomic E-state index is 6.81. The fourth-order valence-electron chi connectivity index (χ4n) is 6.34. The Bertz CT molecular complexity index is 1870. The minimum Gasteiger partial charge on any atom is -0.484 e. The Morgan fingerprint density at radius 3 is 1.89 bits per heavy atom. The molecule has 2 aliphatic rings.